The molecule has 0 bridgehead atoms. The van der Waals surface area contributed by atoms with Crippen molar-refractivity contribution in [3.63, 3.8) is 0 Å². The van der Waals surface area contributed by atoms with Crippen molar-refractivity contribution >= 4 is 16.6 Å². The predicted octanol–water partition coefficient (Wildman–Crippen LogP) is 4.69. The highest BCUT2D eigenvalue weighted by Crippen LogP contribution is 2.35. The van der Waals surface area contributed by atoms with Gasteiger partial charge in [0.1, 0.15) is 11.4 Å². The van der Waals surface area contributed by atoms with Gasteiger partial charge in [-0.15, -0.1) is 4.91 Å². The molecule has 0 aliphatic carbocycles. The normalized spacial score (nSPS) is 10.4. The third kappa shape index (κ3) is 2.76. The molecule has 0 fully saturated rings. The number of pyridine rings is 1. The third-order valence-electron chi connectivity index (χ3n) is 3.90. The molecule has 0 saturated carbocycles. The Bertz CT molecular complexity index is 1150. The zero-order chi connectivity index (χ0) is 17.9. The average molecular weight is 341 g/mol. The minimum atomic E-state index is 0.0747. The molecule has 0 aliphatic rings. The molecule has 2 aromatic carbocycles. The summed E-state index contributed by atoms with van der Waals surface area (Å²) in [6.07, 6.45) is 3.41. The number of nitrogens with one attached hydrogen (secondary N) is 1. The Morgan fingerprint density at radius 2 is 1.92 bits per heavy atom. The van der Waals surface area contributed by atoms with Crippen LogP contribution in [0, 0.1) is 16.2 Å². The molecule has 4 aromatic rings. The van der Waals surface area contributed by atoms with Gasteiger partial charge in [0, 0.05) is 23.3 Å². The maximum Gasteiger partial charge on any atom is 0.156 e. The van der Waals surface area contributed by atoms with E-state index in [1.54, 1.807) is 30.6 Å². The van der Waals surface area contributed by atoms with Gasteiger partial charge in [0.2, 0.25) is 0 Å². The van der Waals surface area contributed by atoms with E-state index in [9.17, 15) is 4.91 Å². The molecule has 0 amide bonds. The van der Waals surface area contributed by atoms with Crippen molar-refractivity contribution in [2.45, 2.75) is 0 Å². The molecule has 0 radical (unpaired) electrons. The Morgan fingerprint density at radius 1 is 1.08 bits per heavy atom. The SMILES string of the molecule is N#Cc1ccc(Oc2ccc3[nH]nc(-c4ccncc4)c3c2)c(N=O)c1. The van der Waals surface area contributed by atoms with Crippen LogP contribution in [0.15, 0.2) is 66.1 Å². The number of nitrogens with zero attached hydrogens (tertiary/aromatic N) is 4. The highest BCUT2D eigenvalue weighted by Gasteiger charge is 2.11. The minimum absolute atomic E-state index is 0.0747. The zero-order valence-corrected chi connectivity index (χ0v) is 13.4. The molecule has 26 heavy (non-hydrogen) atoms. The quantitative estimate of drug-likeness (QED) is 0.542. The molecule has 7 heteroatoms. The van der Waals surface area contributed by atoms with E-state index in [4.69, 9.17) is 10.00 Å². The molecule has 7 nitrogen and oxygen atoms in total. The minimum Gasteiger partial charge on any atom is -0.455 e. The lowest BCUT2D eigenvalue weighted by atomic mass is 10.1. The number of hydrogen-bond acceptors (Lipinski definition) is 6. The second-order valence-corrected chi connectivity index (χ2v) is 5.50. The second-order valence-electron chi connectivity index (χ2n) is 5.50. The lowest BCUT2D eigenvalue weighted by Crippen LogP contribution is -1.86. The van der Waals surface area contributed by atoms with Crippen LogP contribution < -0.4 is 4.74 Å². The van der Waals surface area contributed by atoms with E-state index in [1.165, 1.54) is 6.07 Å². The first-order valence-electron chi connectivity index (χ1n) is 7.72. The van der Waals surface area contributed by atoms with Crippen LogP contribution in [0.2, 0.25) is 0 Å². The first-order chi connectivity index (χ1) is 12.8. The van der Waals surface area contributed by atoms with Gasteiger partial charge in [-0.25, -0.2) is 0 Å². The number of rotatable bonds is 4. The Balaban J connectivity index is 1.75. The monoisotopic (exact) mass is 341 g/mol. The van der Waals surface area contributed by atoms with Gasteiger partial charge in [0.15, 0.2) is 11.4 Å². The molecule has 0 unspecified atom stereocenters. The Kier molecular flexibility index (Phi) is 3.84. The van der Waals surface area contributed by atoms with E-state index in [0.29, 0.717) is 11.3 Å². The number of nitroso groups, excluding NO2 is 1. The third-order valence-corrected chi connectivity index (χ3v) is 3.90. The van der Waals surface area contributed by atoms with Crippen molar-refractivity contribution in [1.82, 2.24) is 15.2 Å². The smallest absolute Gasteiger partial charge is 0.156 e. The molecule has 2 heterocycles. The highest BCUT2D eigenvalue weighted by atomic mass is 16.5. The van der Waals surface area contributed by atoms with E-state index in [-0.39, 0.29) is 11.4 Å². The lowest BCUT2D eigenvalue weighted by molar-refractivity contribution is 0.485. The molecule has 0 spiro atoms. The van der Waals surface area contributed by atoms with Gasteiger partial charge >= 0.3 is 0 Å². The summed E-state index contributed by atoms with van der Waals surface area (Å²) in [5.74, 6) is 0.816. The predicted molar refractivity (Wildman–Crippen MR) is 96.0 cm³/mol. The summed E-state index contributed by atoms with van der Waals surface area (Å²) in [7, 11) is 0. The average Bonchev–Trinajstić information content (AvgIpc) is 3.12. The van der Waals surface area contributed by atoms with Gasteiger partial charge in [0.05, 0.1) is 17.1 Å². The molecular weight excluding hydrogens is 330 g/mol. The molecule has 2 aromatic heterocycles. The summed E-state index contributed by atoms with van der Waals surface area (Å²) in [4.78, 5) is 15.1. The number of hydrogen-bond donors (Lipinski definition) is 1. The molecule has 4 rings (SSSR count). The maximum absolute atomic E-state index is 11.0. The molecule has 1 N–H and O–H groups in total. The van der Waals surface area contributed by atoms with Crippen molar-refractivity contribution in [3.8, 4) is 28.8 Å². The number of H-pyrrole nitrogens is 1. The van der Waals surface area contributed by atoms with E-state index in [1.807, 2.05) is 30.3 Å². The number of benzene rings is 2. The topological polar surface area (TPSA) is 104 Å². The number of aromatic nitrogens is 3. The molecular formula is C19H11N5O2. The Labute approximate surface area is 147 Å². The van der Waals surface area contributed by atoms with Crippen LogP contribution in [0.25, 0.3) is 22.2 Å². The Hall–Kier alpha value is -4.05. The van der Waals surface area contributed by atoms with Crippen molar-refractivity contribution in [2.24, 2.45) is 5.18 Å². The second kappa shape index (κ2) is 6.45. The standard InChI is InChI=1S/C19H11N5O2/c20-11-12-1-4-18(17(9-12)24-25)26-14-2-3-16-15(10-14)19(23-22-16)13-5-7-21-8-6-13/h1-10H,(H,22,23). The fourth-order valence-electron chi connectivity index (χ4n) is 2.66. The molecule has 0 aliphatic heterocycles. The van der Waals surface area contributed by atoms with Gasteiger partial charge in [0.25, 0.3) is 0 Å². The number of ether oxygens (including phenoxy) is 1. The van der Waals surface area contributed by atoms with E-state index in [0.717, 1.165) is 22.2 Å². The summed E-state index contributed by atoms with van der Waals surface area (Å²) < 4.78 is 5.81. The van der Waals surface area contributed by atoms with Gasteiger partial charge < -0.3 is 4.74 Å². The van der Waals surface area contributed by atoms with Crippen molar-refractivity contribution in [2.75, 3.05) is 0 Å². The van der Waals surface area contributed by atoms with Crippen LogP contribution in [0.1, 0.15) is 5.56 Å². The summed E-state index contributed by atoms with van der Waals surface area (Å²) in [6.45, 7) is 0. The summed E-state index contributed by atoms with van der Waals surface area (Å²) in [5.41, 5.74) is 2.99. The largest absolute Gasteiger partial charge is 0.455 e. The first kappa shape index (κ1) is 15.5. The van der Waals surface area contributed by atoms with Crippen LogP contribution in [-0.4, -0.2) is 15.2 Å². The van der Waals surface area contributed by atoms with Crippen LogP contribution >= 0.6 is 0 Å². The molecule has 0 saturated heterocycles. The van der Waals surface area contributed by atoms with Crippen LogP contribution in [0.4, 0.5) is 5.69 Å². The number of aromatic amines is 1. The van der Waals surface area contributed by atoms with E-state index in [2.05, 4.69) is 20.4 Å². The summed E-state index contributed by atoms with van der Waals surface area (Å²) >= 11 is 0. The van der Waals surface area contributed by atoms with Gasteiger partial charge in [-0.3, -0.25) is 10.1 Å². The van der Waals surface area contributed by atoms with E-state index < -0.39 is 0 Å². The zero-order valence-electron chi connectivity index (χ0n) is 13.4. The Morgan fingerprint density at radius 3 is 2.69 bits per heavy atom. The van der Waals surface area contributed by atoms with Gasteiger partial charge in [-0.2, -0.15) is 10.4 Å². The van der Waals surface area contributed by atoms with Crippen LogP contribution in [-0.2, 0) is 0 Å². The van der Waals surface area contributed by atoms with Gasteiger partial charge in [-0.05, 0) is 53.7 Å². The number of fused-ring (bicyclic) bond motifs is 1. The maximum atomic E-state index is 11.0. The summed E-state index contributed by atoms with van der Waals surface area (Å²) in [6, 6.07) is 15.7. The lowest BCUT2D eigenvalue weighted by Gasteiger charge is -2.08. The van der Waals surface area contributed by atoms with Crippen molar-refractivity contribution in [1.29, 1.82) is 5.26 Å². The summed E-state index contributed by atoms with van der Waals surface area (Å²) in [5, 5.41) is 20.1. The van der Waals surface area contributed by atoms with E-state index >= 15 is 0 Å². The molecule has 124 valence electrons. The number of nitriles is 1. The van der Waals surface area contributed by atoms with Gasteiger partial charge in [-0.1, -0.05) is 0 Å². The van der Waals surface area contributed by atoms with Crippen molar-refractivity contribution in [3.05, 3.63) is 71.4 Å². The first-order valence-corrected chi connectivity index (χ1v) is 7.72. The fraction of sp³-hybridized carbons (Fsp3) is 0. The fourth-order valence-corrected chi connectivity index (χ4v) is 2.66. The van der Waals surface area contributed by atoms with Crippen LogP contribution in [0.3, 0.4) is 0 Å². The van der Waals surface area contributed by atoms with Crippen molar-refractivity contribution < 1.29 is 4.74 Å². The van der Waals surface area contributed by atoms with Crippen LogP contribution in [0.5, 0.6) is 11.5 Å². The highest BCUT2D eigenvalue weighted by molar-refractivity contribution is 5.93. The molecule has 0 atom stereocenters.